The number of ether oxygens (including phenoxy) is 1. The van der Waals surface area contributed by atoms with E-state index in [1.807, 2.05) is 59.5 Å². The molecule has 1 amide bonds. The Kier molecular flexibility index (Phi) is 5.86. The molecule has 1 aliphatic rings. The second-order valence-electron chi connectivity index (χ2n) is 6.30. The van der Waals surface area contributed by atoms with Gasteiger partial charge in [-0.3, -0.25) is 14.5 Å². The molecule has 2 N–H and O–H groups in total. The number of nitrogens with zero attached hydrogens (tertiary/aromatic N) is 1. The summed E-state index contributed by atoms with van der Waals surface area (Å²) in [6, 6.07) is 17.0. The van der Waals surface area contributed by atoms with Crippen LogP contribution in [0.1, 0.15) is 17.5 Å². The van der Waals surface area contributed by atoms with Crippen molar-refractivity contribution >= 4 is 11.9 Å². The Bertz CT molecular complexity index is 763. The van der Waals surface area contributed by atoms with Crippen LogP contribution in [0.2, 0.25) is 0 Å². The van der Waals surface area contributed by atoms with E-state index < -0.39 is 12.0 Å². The van der Waals surface area contributed by atoms with Gasteiger partial charge in [0.05, 0.1) is 6.42 Å². The highest BCUT2D eigenvalue weighted by Crippen LogP contribution is 2.19. The van der Waals surface area contributed by atoms with E-state index in [9.17, 15) is 9.59 Å². The van der Waals surface area contributed by atoms with Gasteiger partial charge in [-0.15, -0.1) is 0 Å². The van der Waals surface area contributed by atoms with Crippen LogP contribution in [-0.4, -0.2) is 41.0 Å². The summed E-state index contributed by atoms with van der Waals surface area (Å²) in [6.45, 7) is 2.14. The van der Waals surface area contributed by atoms with Gasteiger partial charge < -0.3 is 15.2 Å². The highest BCUT2D eigenvalue weighted by molar-refractivity contribution is 5.86. The van der Waals surface area contributed by atoms with E-state index in [0.29, 0.717) is 26.2 Å². The Morgan fingerprint density at radius 3 is 2.69 bits per heavy atom. The minimum atomic E-state index is -0.975. The highest BCUT2D eigenvalue weighted by Gasteiger charge is 2.31. The molecule has 0 saturated carbocycles. The van der Waals surface area contributed by atoms with Crippen LogP contribution in [0.25, 0.3) is 0 Å². The molecule has 0 bridgehead atoms. The first-order valence-electron chi connectivity index (χ1n) is 8.61. The lowest BCUT2D eigenvalue weighted by molar-refractivity contribution is -0.143. The van der Waals surface area contributed by atoms with E-state index in [2.05, 4.69) is 5.32 Å². The zero-order valence-electron chi connectivity index (χ0n) is 14.4. The van der Waals surface area contributed by atoms with Crippen molar-refractivity contribution in [2.45, 2.75) is 25.6 Å². The molecule has 1 fully saturated rings. The van der Waals surface area contributed by atoms with Crippen molar-refractivity contribution in [2.75, 3.05) is 13.1 Å². The minimum Gasteiger partial charge on any atom is -0.489 e. The predicted octanol–water partition coefficient (Wildman–Crippen LogP) is 2.04. The lowest BCUT2D eigenvalue weighted by Crippen LogP contribution is -2.55. The molecule has 6 nitrogen and oxygen atoms in total. The summed E-state index contributed by atoms with van der Waals surface area (Å²) in [5, 5.41) is 11.8. The van der Waals surface area contributed by atoms with Gasteiger partial charge in [-0.05, 0) is 23.3 Å². The van der Waals surface area contributed by atoms with Crippen LogP contribution in [0.4, 0.5) is 0 Å². The number of hydrogen-bond acceptors (Lipinski definition) is 4. The Hall–Kier alpha value is -2.86. The van der Waals surface area contributed by atoms with Crippen LogP contribution >= 0.6 is 0 Å². The lowest BCUT2D eigenvalue weighted by atomic mass is 10.1. The van der Waals surface area contributed by atoms with Gasteiger partial charge in [0.1, 0.15) is 18.4 Å². The van der Waals surface area contributed by atoms with Crippen molar-refractivity contribution in [3.05, 3.63) is 65.7 Å². The molecule has 2 aromatic rings. The predicted molar refractivity (Wildman–Crippen MR) is 96.7 cm³/mol. The van der Waals surface area contributed by atoms with Crippen LogP contribution in [0, 0.1) is 0 Å². The molecule has 1 aliphatic heterocycles. The molecule has 1 atom stereocenters. The molecule has 26 heavy (non-hydrogen) atoms. The quantitative estimate of drug-likeness (QED) is 0.796. The van der Waals surface area contributed by atoms with Crippen LogP contribution in [0.3, 0.4) is 0 Å². The maximum absolute atomic E-state index is 12.0. The number of rotatable bonds is 7. The van der Waals surface area contributed by atoms with Crippen molar-refractivity contribution in [2.24, 2.45) is 0 Å². The molecule has 3 rings (SSSR count). The number of piperazine rings is 1. The minimum absolute atomic E-state index is 0.198. The third kappa shape index (κ3) is 4.83. The second-order valence-corrected chi connectivity index (χ2v) is 6.30. The van der Waals surface area contributed by atoms with Crippen molar-refractivity contribution in [1.29, 1.82) is 0 Å². The Morgan fingerprint density at radius 1 is 1.15 bits per heavy atom. The lowest BCUT2D eigenvalue weighted by Gasteiger charge is -2.34. The molecule has 6 heteroatoms. The van der Waals surface area contributed by atoms with Gasteiger partial charge in [0, 0.05) is 19.6 Å². The molecule has 2 aromatic carbocycles. The van der Waals surface area contributed by atoms with Crippen LogP contribution < -0.4 is 10.1 Å². The number of nitrogens with one attached hydrogen (secondary N) is 1. The fourth-order valence-electron chi connectivity index (χ4n) is 3.05. The molecule has 136 valence electrons. The fraction of sp³-hybridized carbons (Fsp3) is 0.300. The first kappa shape index (κ1) is 17.9. The number of carboxylic acid groups (broad SMARTS) is 1. The van der Waals surface area contributed by atoms with Crippen LogP contribution in [-0.2, 0) is 22.7 Å². The molecule has 1 heterocycles. The van der Waals surface area contributed by atoms with Crippen molar-refractivity contribution in [3.63, 3.8) is 0 Å². The maximum Gasteiger partial charge on any atom is 0.305 e. The molecule has 0 aromatic heterocycles. The molecule has 0 spiro atoms. The summed E-state index contributed by atoms with van der Waals surface area (Å²) in [5.74, 6) is -0.449. The number of hydrogen-bond donors (Lipinski definition) is 2. The zero-order valence-corrected chi connectivity index (χ0v) is 14.4. The number of aliphatic carboxylic acids is 1. The van der Waals surface area contributed by atoms with E-state index in [1.165, 1.54) is 0 Å². The van der Waals surface area contributed by atoms with Crippen LogP contribution in [0.15, 0.2) is 54.6 Å². The Labute approximate surface area is 152 Å². The number of carbonyl (C=O) groups excluding carboxylic acids is 1. The zero-order chi connectivity index (χ0) is 18.4. The maximum atomic E-state index is 12.0. The summed E-state index contributed by atoms with van der Waals surface area (Å²) in [4.78, 5) is 25.0. The van der Waals surface area contributed by atoms with Gasteiger partial charge in [0.25, 0.3) is 0 Å². The average Bonchev–Trinajstić information content (AvgIpc) is 2.64. The summed E-state index contributed by atoms with van der Waals surface area (Å²) in [7, 11) is 0. The summed E-state index contributed by atoms with van der Waals surface area (Å²) in [6.07, 6.45) is -0.198. The monoisotopic (exact) mass is 354 g/mol. The second kappa shape index (κ2) is 8.49. The van der Waals surface area contributed by atoms with E-state index in [0.717, 1.165) is 16.9 Å². The standard InChI is InChI=1S/C20H22N2O4/c23-19(24)12-18-20(25)21-9-10-22(18)13-16-7-4-8-17(11-16)26-14-15-5-2-1-3-6-15/h1-8,11,18H,9-10,12-14H2,(H,21,25)(H,23,24). The van der Waals surface area contributed by atoms with E-state index in [1.54, 1.807) is 0 Å². The third-order valence-corrected chi connectivity index (χ3v) is 4.34. The van der Waals surface area contributed by atoms with Gasteiger partial charge >= 0.3 is 5.97 Å². The summed E-state index contributed by atoms with van der Waals surface area (Å²) >= 11 is 0. The third-order valence-electron chi connectivity index (χ3n) is 4.34. The summed E-state index contributed by atoms with van der Waals surface area (Å²) in [5.41, 5.74) is 2.08. The smallest absolute Gasteiger partial charge is 0.305 e. The number of carbonyl (C=O) groups is 2. The SMILES string of the molecule is O=C(O)CC1C(=O)NCCN1Cc1cccc(OCc2ccccc2)c1. The van der Waals surface area contributed by atoms with E-state index >= 15 is 0 Å². The van der Waals surface area contributed by atoms with Gasteiger partial charge in [0.15, 0.2) is 0 Å². The first-order chi connectivity index (χ1) is 12.6. The molecule has 0 radical (unpaired) electrons. The molecule has 1 unspecified atom stereocenters. The molecular weight excluding hydrogens is 332 g/mol. The van der Waals surface area contributed by atoms with Gasteiger partial charge in [-0.1, -0.05) is 42.5 Å². The largest absolute Gasteiger partial charge is 0.489 e. The van der Waals surface area contributed by atoms with Gasteiger partial charge in [-0.2, -0.15) is 0 Å². The molecule has 1 saturated heterocycles. The number of amides is 1. The number of benzene rings is 2. The average molecular weight is 354 g/mol. The van der Waals surface area contributed by atoms with Gasteiger partial charge in [-0.25, -0.2) is 0 Å². The van der Waals surface area contributed by atoms with Crippen LogP contribution in [0.5, 0.6) is 5.75 Å². The van der Waals surface area contributed by atoms with Crippen molar-refractivity contribution in [1.82, 2.24) is 10.2 Å². The highest BCUT2D eigenvalue weighted by atomic mass is 16.5. The van der Waals surface area contributed by atoms with E-state index in [4.69, 9.17) is 9.84 Å². The molecular formula is C20H22N2O4. The van der Waals surface area contributed by atoms with Gasteiger partial charge in [0.2, 0.25) is 5.91 Å². The number of carboxylic acids is 1. The first-order valence-corrected chi connectivity index (χ1v) is 8.61. The Morgan fingerprint density at radius 2 is 1.92 bits per heavy atom. The van der Waals surface area contributed by atoms with Crippen molar-refractivity contribution < 1.29 is 19.4 Å². The summed E-state index contributed by atoms with van der Waals surface area (Å²) < 4.78 is 5.84. The molecule has 0 aliphatic carbocycles. The normalized spacial score (nSPS) is 17.5. The Balaban J connectivity index is 1.65. The van der Waals surface area contributed by atoms with E-state index in [-0.39, 0.29) is 12.3 Å². The fourth-order valence-corrected chi connectivity index (χ4v) is 3.05. The van der Waals surface area contributed by atoms with Crippen molar-refractivity contribution in [3.8, 4) is 5.75 Å². The topological polar surface area (TPSA) is 78.9 Å².